The van der Waals surface area contributed by atoms with Crippen molar-refractivity contribution in [3.63, 3.8) is 0 Å². The second-order valence-electron chi connectivity index (χ2n) is 21.0. The van der Waals surface area contributed by atoms with Crippen LogP contribution < -0.4 is 25.6 Å². The van der Waals surface area contributed by atoms with Gasteiger partial charge in [0.15, 0.2) is 11.3 Å². The van der Waals surface area contributed by atoms with Gasteiger partial charge in [-0.05, 0) is 72.8 Å². The molecule has 0 fully saturated rings. The molecule has 0 radical (unpaired) electrons. The zero-order valence-corrected chi connectivity index (χ0v) is 47.4. The summed E-state index contributed by atoms with van der Waals surface area (Å²) in [6.45, 7) is 15.8. The molecule has 0 saturated heterocycles. The van der Waals surface area contributed by atoms with Crippen molar-refractivity contribution >= 4 is 72.6 Å². The van der Waals surface area contributed by atoms with E-state index in [1.54, 1.807) is 30.3 Å². The molecular weight excluding hydrogens is 1030 g/mol. The molecule has 1 aromatic heterocycles. The predicted octanol–water partition coefficient (Wildman–Crippen LogP) is 13.5. The lowest BCUT2D eigenvalue weighted by molar-refractivity contribution is -0.249. The first-order valence-electron chi connectivity index (χ1n) is 25.8. The summed E-state index contributed by atoms with van der Waals surface area (Å²) in [4.78, 5) is 3.79. The predicted molar refractivity (Wildman–Crippen MR) is 314 cm³/mol. The standard InChI is InChI=1S/C65H61F3N4O3SSi2/c1-62(2,3)77(55-24-14-8-15-25-55,56-26-16-9-17-27-56)73-44-42-72(43-45-74-78(63(4,5)6,57-28-18-10-19-29-57)58-30-20-11-21-31-58)52-35-32-49(33-36-52)34-37-53-38-39-54(76-53)40-41-60-59(48-71)61(50(46-69)47-70)75-64(60,65(66,67)68)51-22-12-7-13-23-51/h7-41H,42-45H2,1-6H3/b37-34+,41-40+. The Hall–Kier alpha value is -7.81. The maximum Gasteiger partial charge on any atom is 0.437 e. The molecule has 0 spiro atoms. The van der Waals surface area contributed by atoms with E-state index < -0.39 is 50.9 Å². The average molecular weight is 1090 g/mol. The normalized spacial score (nSPS) is 15.2. The third-order valence-electron chi connectivity index (χ3n) is 14.2. The number of nitriles is 3. The van der Waals surface area contributed by atoms with E-state index in [4.69, 9.17) is 13.6 Å². The summed E-state index contributed by atoms with van der Waals surface area (Å²) in [5.74, 6) is -0.709. The Morgan fingerprint density at radius 3 is 1.32 bits per heavy atom. The van der Waals surface area contributed by atoms with E-state index in [0.29, 0.717) is 31.2 Å². The molecule has 0 N–H and O–H groups in total. The molecule has 6 aromatic carbocycles. The summed E-state index contributed by atoms with van der Waals surface area (Å²) in [5, 5.41) is 34.0. The van der Waals surface area contributed by atoms with E-state index >= 15 is 13.2 Å². The van der Waals surface area contributed by atoms with Crippen LogP contribution >= 0.6 is 11.3 Å². The zero-order chi connectivity index (χ0) is 55.6. The quantitative estimate of drug-likeness (QED) is 0.0623. The summed E-state index contributed by atoms with van der Waals surface area (Å²) < 4.78 is 66.6. The van der Waals surface area contributed by atoms with Crippen molar-refractivity contribution < 1.29 is 26.8 Å². The molecule has 1 aliphatic heterocycles. The van der Waals surface area contributed by atoms with Gasteiger partial charge in [0.2, 0.25) is 0 Å². The number of anilines is 1. The number of hydrogen-bond donors (Lipinski definition) is 0. The number of thiophene rings is 1. The molecule has 78 heavy (non-hydrogen) atoms. The van der Waals surface area contributed by atoms with E-state index in [1.807, 2.05) is 18.2 Å². The first-order valence-corrected chi connectivity index (χ1v) is 30.4. The lowest BCUT2D eigenvalue weighted by atomic mass is 9.84. The highest BCUT2D eigenvalue weighted by atomic mass is 32.1. The van der Waals surface area contributed by atoms with Crippen molar-refractivity contribution in [3.05, 3.63) is 237 Å². The first-order chi connectivity index (χ1) is 37.4. The fraction of sp³-hybridized carbons (Fsp3) is 0.215. The Kier molecular flexibility index (Phi) is 17.2. The van der Waals surface area contributed by atoms with Crippen LogP contribution in [0.25, 0.3) is 18.2 Å². The third kappa shape index (κ3) is 11.3. The summed E-state index contributed by atoms with van der Waals surface area (Å²) in [5.41, 5.74) is -3.29. The number of benzene rings is 6. The lowest BCUT2D eigenvalue weighted by Crippen LogP contribution is -2.67. The van der Waals surface area contributed by atoms with Crippen molar-refractivity contribution in [1.29, 1.82) is 15.8 Å². The molecule has 1 unspecified atom stereocenters. The van der Waals surface area contributed by atoms with Crippen molar-refractivity contribution in [1.82, 2.24) is 0 Å². The Bertz CT molecular complexity index is 3220. The van der Waals surface area contributed by atoms with Gasteiger partial charge in [0, 0.05) is 39.7 Å². The van der Waals surface area contributed by atoms with E-state index in [-0.39, 0.29) is 15.6 Å². The fourth-order valence-electron chi connectivity index (χ4n) is 10.6. The Labute approximate surface area is 463 Å². The summed E-state index contributed by atoms with van der Waals surface area (Å²) >= 11 is 1.34. The van der Waals surface area contributed by atoms with Gasteiger partial charge in [-0.1, -0.05) is 217 Å². The highest BCUT2D eigenvalue weighted by molar-refractivity contribution is 7.13. The Balaban J connectivity index is 1.09. The third-order valence-corrected chi connectivity index (χ3v) is 25.3. The SMILES string of the molecule is CC(C)(C)[Si](OCCN(CCO[Si](c1ccccc1)(c1ccccc1)C(C)(C)C)c1ccc(/C=C/c2ccc(/C=C/C3=C(C#N)C(=C(C#N)C#N)OC3(c3ccccc3)C(F)(F)F)s2)cc1)(c1ccccc1)c1ccccc1. The fourth-order valence-corrected chi connectivity index (χ4v) is 20.6. The number of nitrogens with zero attached hydrogens (tertiary/aromatic N) is 4. The Morgan fingerprint density at radius 2 is 0.949 bits per heavy atom. The maximum atomic E-state index is 15.4. The molecule has 2 heterocycles. The minimum atomic E-state index is -5.08. The van der Waals surface area contributed by atoms with Crippen LogP contribution in [-0.2, 0) is 19.2 Å². The maximum absolute atomic E-state index is 15.4. The van der Waals surface area contributed by atoms with Gasteiger partial charge in [0.1, 0.15) is 23.8 Å². The van der Waals surface area contributed by atoms with E-state index in [1.165, 1.54) is 68.5 Å². The van der Waals surface area contributed by atoms with E-state index in [0.717, 1.165) is 16.1 Å². The highest BCUT2D eigenvalue weighted by Crippen LogP contribution is 2.56. The molecule has 7 aromatic rings. The Morgan fingerprint density at radius 1 is 0.551 bits per heavy atom. The molecule has 1 atom stereocenters. The van der Waals surface area contributed by atoms with Crippen LogP contribution in [0.1, 0.15) is 62.4 Å². The van der Waals surface area contributed by atoms with Gasteiger partial charge < -0.3 is 18.5 Å². The monoisotopic (exact) mass is 1090 g/mol. The molecule has 7 nitrogen and oxygen atoms in total. The zero-order valence-electron chi connectivity index (χ0n) is 44.6. The second kappa shape index (κ2) is 23.8. The van der Waals surface area contributed by atoms with Crippen molar-refractivity contribution in [3.8, 4) is 18.2 Å². The van der Waals surface area contributed by atoms with Crippen LogP contribution in [0.4, 0.5) is 18.9 Å². The highest BCUT2D eigenvalue weighted by Gasteiger charge is 2.65. The molecule has 0 amide bonds. The van der Waals surface area contributed by atoms with Crippen LogP contribution in [0.15, 0.2) is 217 Å². The molecule has 0 saturated carbocycles. The number of allylic oxidation sites excluding steroid dienone is 2. The number of halogens is 3. The van der Waals surface area contributed by atoms with Crippen molar-refractivity contribution in [2.75, 3.05) is 31.2 Å². The molecule has 8 rings (SSSR count). The van der Waals surface area contributed by atoms with Crippen LogP contribution in [0.5, 0.6) is 0 Å². The second-order valence-corrected chi connectivity index (χ2v) is 30.7. The molecular formula is C65H61F3N4O3SSi2. The van der Waals surface area contributed by atoms with Crippen molar-refractivity contribution in [2.24, 2.45) is 0 Å². The van der Waals surface area contributed by atoms with Crippen LogP contribution in [0.2, 0.25) is 10.1 Å². The van der Waals surface area contributed by atoms with Gasteiger partial charge >= 0.3 is 6.18 Å². The number of rotatable bonds is 18. The van der Waals surface area contributed by atoms with Gasteiger partial charge in [-0.15, -0.1) is 11.3 Å². The average Bonchev–Trinajstić information content (AvgIpc) is 4.19. The van der Waals surface area contributed by atoms with E-state index in [2.05, 4.69) is 192 Å². The summed E-state index contributed by atoms with van der Waals surface area (Å²) in [6.07, 6.45) is 1.53. The van der Waals surface area contributed by atoms with E-state index in [9.17, 15) is 15.8 Å². The van der Waals surface area contributed by atoms with Gasteiger partial charge in [-0.2, -0.15) is 29.0 Å². The molecule has 1 aliphatic rings. The van der Waals surface area contributed by atoms with Crippen LogP contribution in [0.3, 0.4) is 0 Å². The van der Waals surface area contributed by atoms with Crippen LogP contribution in [0, 0.1) is 34.0 Å². The van der Waals surface area contributed by atoms with Gasteiger partial charge in [0.25, 0.3) is 22.2 Å². The number of hydrogen-bond acceptors (Lipinski definition) is 8. The molecule has 394 valence electrons. The van der Waals surface area contributed by atoms with Gasteiger partial charge in [-0.3, -0.25) is 0 Å². The first kappa shape index (κ1) is 56.4. The smallest absolute Gasteiger partial charge is 0.437 e. The molecule has 0 bridgehead atoms. The summed E-state index contributed by atoms with van der Waals surface area (Å²) in [7, 11) is -5.70. The number of ether oxygens (including phenoxy) is 1. The van der Waals surface area contributed by atoms with Gasteiger partial charge in [0.05, 0.1) is 13.2 Å². The molecule has 0 aliphatic carbocycles. The topological polar surface area (TPSA) is 102 Å². The largest absolute Gasteiger partial charge is 0.465 e. The summed E-state index contributed by atoms with van der Waals surface area (Å²) in [6, 6.07) is 66.6. The minimum Gasteiger partial charge on any atom is -0.465 e. The molecule has 13 heteroatoms. The number of alkyl halides is 3. The lowest BCUT2D eigenvalue weighted by Gasteiger charge is -2.44. The van der Waals surface area contributed by atoms with Gasteiger partial charge in [-0.25, -0.2) is 0 Å². The van der Waals surface area contributed by atoms with Crippen LogP contribution in [-0.4, -0.2) is 49.1 Å². The van der Waals surface area contributed by atoms with Crippen molar-refractivity contribution in [2.45, 2.75) is 63.4 Å². The minimum absolute atomic E-state index is 0.200.